The van der Waals surface area contributed by atoms with Crippen LogP contribution in [0.25, 0.3) is 11.5 Å². The molecule has 0 saturated carbocycles. The number of benzene rings is 2. The zero-order chi connectivity index (χ0) is 23.0. The molecule has 0 spiro atoms. The van der Waals surface area contributed by atoms with Crippen LogP contribution in [-0.2, 0) is 24.4 Å². The summed E-state index contributed by atoms with van der Waals surface area (Å²) in [6.45, 7) is 7.35. The summed E-state index contributed by atoms with van der Waals surface area (Å²) < 4.78 is 5.62. The number of amides is 1. The summed E-state index contributed by atoms with van der Waals surface area (Å²) in [7, 11) is 0. The minimum atomic E-state index is 0. The Morgan fingerprint density at radius 3 is 2.47 bits per heavy atom. The van der Waals surface area contributed by atoms with Crippen molar-refractivity contribution in [2.75, 3.05) is 13.1 Å². The lowest BCUT2D eigenvalue weighted by atomic mass is 10.1. The van der Waals surface area contributed by atoms with Crippen LogP contribution in [-0.4, -0.2) is 34.8 Å². The molecule has 0 radical (unpaired) electrons. The maximum absolute atomic E-state index is 12.6. The van der Waals surface area contributed by atoms with Crippen LogP contribution >= 0.6 is 24.0 Å². The molecule has 1 amide bonds. The Balaban J connectivity index is 0.00000324. The average Bonchev–Trinajstić information content (AvgIpc) is 3.48. The molecule has 0 saturated heterocycles. The lowest BCUT2D eigenvalue weighted by molar-refractivity contribution is -0.131. The number of carbonyl (C=O) groups excluding carboxylic acids is 1. The Morgan fingerprint density at radius 2 is 1.79 bits per heavy atom. The van der Waals surface area contributed by atoms with Crippen molar-refractivity contribution >= 4 is 35.8 Å². The summed E-state index contributed by atoms with van der Waals surface area (Å²) in [6.07, 6.45) is 2.91. The van der Waals surface area contributed by atoms with Crippen molar-refractivity contribution in [3.8, 4) is 11.5 Å². The van der Waals surface area contributed by atoms with E-state index in [0.29, 0.717) is 31.4 Å². The van der Waals surface area contributed by atoms with Crippen molar-refractivity contribution in [2.24, 2.45) is 4.99 Å². The largest absolute Gasteiger partial charge is 0.444 e. The molecule has 0 aliphatic carbocycles. The highest BCUT2D eigenvalue weighted by atomic mass is 127. The van der Waals surface area contributed by atoms with Gasteiger partial charge in [-0.15, -0.1) is 24.0 Å². The highest BCUT2D eigenvalue weighted by Gasteiger charge is 2.22. The standard InChI is InChI=1S/C26H31N5O2.HI/c1-3-27-26(29-15-23-18-33-25(30-23)20-12-10-19(2)11-13-20)28-14-6-9-24(32)31-16-21-7-4-5-8-22(21)17-31;/h4-5,7-8,10-13,18H,3,6,9,14-17H2,1-2H3,(H2,27,28,29);1H. The SMILES string of the molecule is CCNC(=NCc1coc(-c2ccc(C)cc2)n1)NCCCC(=O)N1Cc2ccccc2C1.I. The van der Waals surface area contributed by atoms with Crippen molar-refractivity contribution in [1.82, 2.24) is 20.5 Å². The normalized spacial score (nSPS) is 12.8. The van der Waals surface area contributed by atoms with Gasteiger partial charge in [-0.25, -0.2) is 9.98 Å². The van der Waals surface area contributed by atoms with Gasteiger partial charge in [0, 0.05) is 38.2 Å². The van der Waals surface area contributed by atoms with Gasteiger partial charge < -0.3 is 20.0 Å². The number of hydrogen-bond acceptors (Lipinski definition) is 4. The molecule has 2 aromatic carbocycles. The molecule has 0 bridgehead atoms. The summed E-state index contributed by atoms with van der Waals surface area (Å²) >= 11 is 0. The number of halogens is 1. The lowest BCUT2D eigenvalue weighted by Crippen LogP contribution is -2.38. The van der Waals surface area contributed by atoms with Crippen LogP contribution in [0.1, 0.15) is 42.1 Å². The smallest absolute Gasteiger partial charge is 0.226 e. The Labute approximate surface area is 218 Å². The zero-order valence-corrected chi connectivity index (χ0v) is 22.0. The van der Waals surface area contributed by atoms with Crippen LogP contribution in [0.15, 0.2) is 64.2 Å². The van der Waals surface area contributed by atoms with Gasteiger partial charge in [0.05, 0.1) is 6.54 Å². The van der Waals surface area contributed by atoms with Crippen molar-refractivity contribution < 1.29 is 9.21 Å². The fourth-order valence-electron chi connectivity index (χ4n) is 3.82. The second kappa shape index (κ2) is 12.5. The molecule has 1 aliphatic rings. The van der Waals surface area contributed by atoms with Crippen molar-refractivity contribution in [3.63, 3.8) is 0 Å². The van der Waals surface area contributed by atoms with E-state index in [1.54, 1.807) is 6.26 Å². The van der Waals surface area contributed by atoms with E-state index in [-0.39, 0.29) is 29.9 Å². The van der Waals surface area contributed by atoms with E-state index < -0.39 is 0 Å². The zero-order valence-electron chi connectivity index (χ0n) is 19.7. The molecule has 2 heterocycles. The average molecular weight is 573 g/mol. The number of oxazole rings is 1. The van der Waals surface area contributed by atoms with Crippen LogP contribution in [0, 0.1) is 6.92 Å². The van der Waals surface area contributed by atoms with Gasteiger partial charge in [-0.2, -0.15) is 0 Å². The van der Waals surface area contributed by atoms with Crippen LogP contribution < -0.4 is 10.6 Å². The number of fused-ring (bicyclic) bond motifs is 1. The molecule has 8 heteroatoms. The monoisotopic (exact) mass is 573 g/mol. The number of rotatable bonds is 8. The van der Waals surface area contributed by atoms with Crippen LogP contribution in [0.3, 0.4) is 0 Å². The third-order valence-corrected chi connectivity index (χ3v) is 5.65. The number of nitrogens with one attached hydrogen (secondary N) is 2. The molecule has 180 valence electrons. The molecule has 3 aromatic rings. The van der Waals surface area contributed by atoms with Crippen LogP contribution in [0.4, 0.5) is 0 Å². The number of carbonyl (C=O) groups is 1. The first-order valence-electron chi connectivity index (χ1n) is 11.5. The minimum absolute atomic E-state index is 0. The Kier molecular flexibility index (Phi) is 9.50. The molecule has 0 unspecified atom stereocenters. The van der Waals surface area contributed by atoms with E-state index in [0.717, 1.165) is 37.3 Å². The lowest BCUT2D eigenvalue weighted by Gasteiger charge is -2.16. The second-order valence-electron chi connectivity index (χ2n) is 8.25. The molecular weight excluding hydrogens is 541 g/mol. The Morgan fingerprint density at radius 1 is 1.09 bits per heavy atom. The van der Waals surface area contributed by atoms with Crippen molar-refractivity contribution in [3.05, 3.63) is 77.2 Å². The van der Waals surface area contributed by atoms with E-state index in [2.05, 4.69) is 39.7 Å². The van der Waals surface area contributed by atoms with Gasteiger partial charge in [0.1, 0.15) is 12.0 Å². The topological polar surface area (TPSA) is 82.8 Å². The number of aromatic nitrogens is 1. The predicted octanol–water partition coefficient (Wildman–Crippen LogP) is 4.65. The highest BCUT2D eigenvalue weighted by Crippen LogP contribution is 2.23. The fraction of sp³-hybridized carbons (Fsp3) is 0.346. The van der Waals surface area contributed by atoms with Crippen molar-refractivity contribution in [2.45, 2.75) is 46.3 Å². The number of aliphatic imine (C=N–C) groups is 1. The third-order valence-electron chi connectivity index (χ3n) is 5.65. The first kappa shape index (κ1) is 25.7. The molecule has 34 heavy (non-hydrogen) atoms. The van der Waals surface area contributed by atoms with Gasteiger partial charge in [0.2, 0.25) is 11.8 Å². The summed E-state index contributed by atoms with van der Waals surface area (Å²) in [6, 6.07) is 16.3. The van der Waals surface area contributed by atoms with Crippen LogP contribution in [0.5, 0.6) is 0 Å². The van der Waals surface area contributed by atoms with Crippen molar-refractivity contribution in [1.29, 1.82) is 0 Å². The number of hydrogen-bond donors (Lipinski definition) is 2. The summed E-state index contributed by atoms with van der Waals surface area (Å²) in [5.41, 5.74) is 5.43. The molecule has 7 nitrogen and oxygen atoms in total. The van der Waals surface area contributed by atoms with E-state index in [9.17, 15) is 4.79 Å². The first-order valence-corrected chi connectivity index (χ1v) is 11.5. The molecule has 0 atom stereocenters. The number of aryl methyl sites for hydroxylation is 1. The third kappa shape index (κ3) is 6.82. The van der Waals surface area contributed by atoms with E-state index in [1.807, 2.05) is 48.2 Å². The van der Waals surface area contributed by atoms with E-state index in [4.69, 9.17) is 4.42 Å². The summed E-state index contributed by atoms with van der Waals surface area (Å²) in [5, 5.41) is 6.55. The second-order valence-corrected chi connectivity index (χ2v) is 8.25. The number of guanidine groups is 1. The maximum atomic E-state index is 12.6. The number of nitrogens with zero attached hydrogens (tertiary/aromatic N) is 3. The Hall–Kier alpha value is -2.88. The minimum Gasteiger partial charge on any atom is -0.444 e. The molecule has 1 aromatic heterocycles. The van der Waals surface area contributed by atoms with Gasteiger partial charge in [0.15, 0.2) is 5.96 Å². The summed E-state index contributed by atoms with van der Waals surface area (Å²) in [4.78, 5) is 23.6. The van der Waals surface area contributed by atoms with E-state index >= 15 is 0 Å². The molecule has 1 aliphatic heterocycles. The highest BCUT2D eigenvalue weighted by molar-refractivity contribution is 14.0. The molecule has 0 fully saturated rings. The van der Waals surface area contributed by atoms with E-state index in [1.165, 1.54) is 16.7 Å². The van der Waals surface area contributed by atoms with Gasteiger partial charge in [-0.05, 0) is 43.5 Å². The van der Waals surface area contributed by atoms with Gasteiger partial charge >= 0.3 is 0 Å². The van der Waals surface area contributed by atoms with Gasteiger partial charge in [-0.3, -0.25) is 4.79 Å². The van der Waals surface area contributed by atoms with Gasteiger partial charge in [0.25, 0.3) is 0 Å². The molecule has 2 N–H and O–H groups in total. The maximum Gasteiger partial charge on any atom is 0.226 e. The molecular formula is C26H32IN5O2. The summed E-state index contributed by atoms with van der Waals surface area (Å²) in [5.74, 6) is 1.50. The van der Waals surface area contributed by atoms with Gasteiger partial charge in [-0.1, -0.05) is 42.0 Å². The molecule has 4 rings (SSSR count). The van der Waals surface area contributed by atoms with Crippen LogP contribution in [0.2, 0.25) is 0 Å². The Bertz CT molecular complexity index is 1090. The first-order chi connectivity index (χ1) is 16.1. The quantitative estimate of drug-likeness (QED) is 0.178. The fourth-order valence-corrected chi connectivity index (χ4v) is 3.82. The predicted molar refractivity (Wildman–Crippen MR) is 145 cm³/mol.